The molecule has 0 bridgehead atoms. The molecule has 0 spiro atoms. The Hall–Kier alpha value is -2.77. The highest BCUT2D eigenvalue weighted by atomic mass is 16.5. The molecule has 0 aliphatic carbocycles. The van der Waals surface area contributed by atoms with E-state index in [-0.39, 0.29) is 11.7 Å². The molecule has 25 heavy (non-hydrogen) atoms. The van der Waals surface area contributed by atoms with Gasteiger partial charge in [0.15, 0.2) is 11.9 Å². The van der Waals surface area contributed by atoms with Crippen LogP contribution in [0.15, 0.2) is 4.52 Å². The number of hydrogen-bond acceptors (Lipinski definition) is 9. The van der Waals surface area contributed by atoms with Crippen LogP contribution in [0.25, 0.3) is 0 Å². The number of carboxylic acids is 1. The molecule has 9 N–H and O–H groups in total. The van der Waals surface area contributed by atoms with E-state index < -0.39 is 55.2 Å². The molecule has 1 aromatic rings. The van der Waals surface area contributed by atoms with Crippen LogP contribution in [0.3, 0.4) is 0 Å². The molecule has 1 unspecified atom stereocenters. The molecule has 0 saturated heterocycles. The Kier molecular flexibility index (Phi) is 7.22. The number of carboxylic acid groups (broad SMARTS) is 1. The quantitative estimate of drug-likeness (QED) is 0.238. The third-order valence-corrected chi connectivity index (χ3v) is 3.03. The van der Waals surface area contributed by atoms with Crippen molar-refractivity contribution in [1.82, 2.24) is 20.8 Å². The summed E-state index contributed by atoms with van der Waals surface area (Å²) in [5.74, 6) is -2.52. The van der Waals surface area contributed by atoms with Crippen LogP contribution < -0.4 is 22.1 Å². The Balaban J connectivity index is 2.89. The molecule has 3 amide bonds. The number of primary amides is 1. The average molecular weight is 360 g/mol. The zero-order valence-electron chi connectivity index (χ0n) is 13.2. The van der Waals surface area contributed by atoms with Crippen LogP contribution in [0.5, 0.6) is 0 Å². The number of rotatable bonds is 9. The first-order valence-corrected chi connectivity index (χ1v) is 7.11. The normalized spacial score (nSPS) is 15.7. The van der Waals surface area contributed by atoms with E-state index in [0.29, 0.717) is 0 Å². The predicted octanol–water partition coefficient (Wildman–Crippen LogP) is -2.89. The largest absolute Gasteiger partial charge is 0.480 e. The van der Waals surface area contributed by atoms with Gasteiger partial charge in [0.25, 0.3) is 0 Å². The number of aliphatic hydroxyl groups is 2. The molecule has 0 aliphatic rings. The summed E-state index contributed by atoms with van der Waals surface area (Å²) in [4.78, 5) is 37.9. The van der Waals surface area contributed by atoms with E-state index in [2.05, 4.69) is 15.5 Å². The molecule has 140 valence electrons. The first-order valence-electron chi connectivity index (χ1n) is 7.11. The van der Waals surface area contributed by atoms with E-state index in [4.69, 9.17) is 26.2 Å². The van der Waals surface area contributed by atoms with Gasteiger partial charge < -0.3 is 41.9 Å². The van der Waals surface area contributed by atoms with Crippen molar-refractivity contribution in [3.63, 3.8) is 0 Å². The standard InChI is InChI=1S/C12H20N6O7/c1-4(20)8(11(22)23)16-12(24)15-6(2-7(14)21)10-17-9(18-25-10)5(13)3-19/h4-6,8,19-20H,2-3,13H2,1H3,(H2,14,21)(H,22,23)(H2,15,16,24)/t4?,5-,6+,8-/m0/s1. The lowest BCUT2D eigenvalue weighted by molar-refractivity contribution is -0.141. The van der Waals surface area contributed by atoms with Gasteiger partial charge in [-0.25, -0.2) is 9.59 Å². The predicted molar refractivity (Wildman–Crippen MR) is 79.6 cm³/mol. The number of urea groups is 1. The summed E-state index contributed by atoms with van der Waals surface area (Å²) in [6.07, 6.45) is -1.79. The molecule has 0 radical (unpaired) electrons. The maximum absolute atomic E-state index is 11.9. The Labute approximate surface area is 141 Å². The molecule has 13 heteroatoms. The number of aromatic nitrogens is 2. The van der Waals surface area contributed by atoms with Crippen LogP contribution in [-0.2, 0) is 9.59 Å². The van der Waals surface area contributed by atoms with Crippen molar-refractivity contribution >= 4 is 17.9 Å². The molecule has 0 fully saturated rings. The van der Waals surface area contributed by atoms with Crippen LogP contribution in [0.1, 0.15) is 37.1 Å². The second-order valence-corrected chi connectivity index (χ2v) is 5.18. The zero-order valence-corrected chi connectivity index (χ0v) is 13.2. The minimum Gasteiger partial charge on any atom is -0.480 e. The molecule has 0 saturated carbocycles. The van der Waals surface area contributed by atoms with Crippen molar-refractivity contribution in [2.45, 2.75) is 37.6 Å². The number of nitrogens with zero attached hydrogens (tertiary/aromatic N) is 2. The minimum absolute atomic E-state index is 0.0541. The van der Waals surface area contributed by atoms with E-state index in [0.717, 1.165) is 0 Å². The number of amides is 3. The van der Waals surface area contributed by atoms with Gasteiger partial charge in [0.05, 0.1) is 25.2 Å². The van der Waals surface area contributed by atoms with Crippen molar-refractivity contribution in [2.24, 2.45) is 11.5 Å². The van der Waals surface area contributed by atoms with Gasteiger partial charge in [-0.3, -0.25) is 4.79 Å². The molecular weight excluding hydrogens is 340 g/mol. The molecule has 1 aromatic heterocycles. The Morgan fingerprint density at radius 2 is 1.96 bits per heavy atom. The van der Waals surface area contributed by atoms with Crippen molar-refractivity contribution in [2.75, 3.05) is 6.61 Å². The highest BCUT2D eigenvalue weighted by Gasteiger charge is 2.29. The molecular formula is C12H20N6O7. The van der Waals surface area contributed by atoms with Crippen LogP contribution in [0.4, 0.5) is 4.79 Å². The van der Waals surface area contributed by atoms with Crippen LogP contribution in [0, 0.1) is 0 Å². The summed E-state index contributed by atoms with van der Waals surface area (Å²) in [5, 5.41) is 35.0. The van der Waals surface area contributed by atoms with Gasteiger partial charge in [0.2, 0.25) is 11.8 Å². The average Bonchev–Trinajstić information content (AvgIpc) is 3.00. The van der Waals surface area contributed by atoms with Gasteiger partial charge in [-0.1, -0.05) is 5.16 Å². The summed E-state index contributed by atoms with van der Waals surface area (Å²) >= 11 is 0. The first kappa shape index (κ1) is 20.3. The van der Waals surface area contributed by atoms with E-state index >= 15 is 0 Å². The Bertz CT molecular complexity index is 619. The third-order valence-electron chi connectivity index (χ3n) is 3.03. The van der Waals surface area contributed by atoms with E-state index in [1.165, 1.54) is 6.92 Å². The van der Waals surface area contributed by atoms with E-state index in [1.807, 2.05) is 5.32 Å². The van der Waals surface area contributed by atoms with Gasteiger partial charge in [0, 0.05) is 0 Å². The lowest BCUT2D eigenvalue weighted by Gasteiger charge is -2.19. The third kappa shape index (κ3) is 5.98. The van der Waals surface area contributed by atoms with Gasteiger partial charge in [-0.15, -0.1) is 0 Å². The lowest BCUT2D eigenvalue weighted by atomic mass is 10.2. The Morgan fingerprint density at radius 1 is 1.32 bits per heavy atom. The zero-order chi connectivity index (χ0) is 19.1. The number of carbonyl (C=O) groups is 3. The van der Waals surface area contributed by atoms with Gasteiger partial charge >= 0.3 is 12.0 Å². The maximum Gasteiger partial charge on any atom is 0.328 e. The highest BCUT2D eigenvalue weighted by molar-refractivity contribution is 5.83. The Morgan fingerprint density at radius 3 is 2.44 bits per heavy atom. The summed E-state index contributed by atoms with van der Waals surface area (Å²) < 4.78 is 4.88. The van der Waals surface area contributed by atoms with Gasteiger partial charge in [-0.05, 0) is 6.92 Å². The fourth-order valence-electron chi connectivity index (χ4n) is 1.75. The summed E-state index contributed by atoms with van der Waals surface area (Å²) in [6.45, 7) is 0.725. The number of hydrogen-bond donors (Lipinski definition) is 7. The first-order chi connectivity index (χ1) is 11.6. The molecule has 0 aromatic carbocycles. The number of aliphatic hydroxyl groups excluding tert-OH is 2. The SMILES string of the molecule is CC(O)[C@H](NC(=O)N[C@H](CC(N)=O)c1nc([C@@H](N)CO)no1)C(=O)O. The van der Waals surface area contributed by atoms with Crippen molar-refractivity contribution in [3.05, 3.63) is 11.7 Å². The second-order valence-electron chi connectivity index (χ2n) is 5.18. The highest BCUT2D eigenvalue weighted by Crippen LogP contribution is 2.16. The second kappa shape index (κ2) is 8.91. The number of nitrogens with two attached hydrogens (primary N) is 2. The molecule has 13 nitrogen and oxygen atoms in total. The fourth-order valence-corrected chi connectivity index (χ4v) is 1.75. The minimum atomic E-state index is -1.57. The number of nitrogens with one attached hydrogen (secondary N) is 2. The van der Waals surface area contributed by atoms with Crippen LogP contribution >= 0.6 is 0 Å². The van der Waals surface area contributed by atoms with Crippen molar-refractivity contribution < 1.29 is 34.2 Å². The fraction of sp³-hybridized carbons (Fsp3) is 0.583. The van der Waals surface area contributed by atoms with Crippen LogP contribution in [0.2, 0.25) is 0 Å². The van der Waals surface area contributed by atoms with E-state index in [1.54, 1.807) is 0 Å². The summed E-state index contributed by atoms with van der Waals surface area (Å²) in [6, 6.07) is -4.67. The van der Waals surface area contributed by atoms with Gasteiger partial charge in [-0.2, -0.15) is 4.98 Å². The van der Waals surface area contributed by atoms with Crippen molar-refractivity contribution in [3.8, 4) is 0 Å². The molecule has 4 atom stereocenters. The number of aliphatic carboxylic acids is 1. The molecule has 1 heterocycles. The number of carbonyl (C=O) groups excluding carboxylic acids is 2. The lowest BCUT2D eigenvalue weighted by Crippen LogP contribution is -2.52. The summed E-state index contributed by atoms with van der Waals surface area (Å²) in [7, 11) is 0. The van der Waals surface area contributed by atoms with Gasteiger partial charge in [0.1, 0.15) is 6.04 Å². The summed E-state index contributed by atoms with van der Waals surface area (Å²) in [5.41, 5.74) is 10.6. The molecule has 1 rings (SSSR count). The van der Waals surface area contributed by atoms with E-state index in [9.17, 15) is 19.5 Å². The monoisotopic (exact) mass is 360 g/mol. The van der Waals surface area contributed by atoms with Crippen LogP contribution in [-0.4, -0.2) is 62.1 Å². The van der Waals surface area contributed by atoms with Crippen molar-refractivity contribution in [1.29, 1.82) is 0 Å². The maximum atomic E-state index is 11.9. The molecule has 0 aliphatic heterocycles. The smallest absolute Gasteiger partial charge is 0.328 e. The topological polar surface area (TPSA) is 227 Å².